The predicted molar refractivity (Wildman–Crippen MR) is 114 cm³/mol. The van der Waals surface area contributed by atoms with Gasteiger partial charge in [-0.2, -0.15) is 0 Å². The molecule has 1 unspecified atom stereocenters. The number of carbonyl (C=O) groups excluding carboxylic acids is 1. The second-order valence-electron chi connectivity index (χ2n) is 7.14. The Bertz CT molecular complexity index is 873. The molecule has 0 radical (unpaired) electrons. The van der Waals surface area contributed by atoms with E-state index in [2.05, 4.69) is 20.5 Å². The molecule has 1 aliphatic rings. The van der Waals surface area contributed by atoms with Crippen LogP contribution in [0.2, 0.25) is 0 Å². The molecule has 0 spiro atoms. The van der Waals surface area contributed by atoms with Crippen LogP contribution in [0.15, 0.2) is 39.7 Å². The van der Waals surface area contributed by atoms with E-state index in [1.807, 2.05) is 18.2 Å². The fourth-order valence-corrected chi connectivity index (χ4v) is 3.47. The number of rotatable bonds is 8. The Balaban J connectivity index is 1.50. The summed E-state index contributed by atoms with van der Waals surface area (Å²) in [5.41, 5.74) is 6.36. The van der Waals surface area contributed by atoms with Crippen LogP contribution in [0.5, 0.6) is 11.5 Å². The summed E-state index contributed by atoms with van der Waals surface area (Å²) < 4.78 is 16.1. The number of guanidine groups is 1. The van der Waals surface area contributed by atoms with Gasteiger partial charge in [-0.1, -0.05) is 0 Å². The number of nitrogens with one attached hydrogen (secondary N) is 2. The first-order valence-corrected chi connectivity index (χ1v) is 9.80. The molecule has 1 aliphatic heterocycles. The number of furan rings is 1. The molecule has 1 atom stereocenters. The summed E-state index contributed by atoms with van der Waals surface area (Å²) in [5.74, 6) is 2.45. The number of ether oxygens (including phenoxy) is 2. The number of methoxy groups -OCH3 is 2. The zero-order chi connectivity index (χ0) is 21.5. The summed E-state index contributed by atoms with van der Waals surface area (Å²) in [5, 5.41) is 6.64. The van der Waals surface area contributed by atoms with Gasteiger partial charge < -0.3 is 30.3 Å². The molecule has 0 saturated carbocycles. The van der Waals surface area contributed by atoms with Crippen molar-refractivity contribution in [2.45, 2.75) is 25.6 Å². The third-order valence-electron chi connectivity index (χ3n) is 4.99. The minimum Gasteiger partial charge on any atom is -0.497 e. The second-order valence-corrected chi connectivity index (χ2v) is 7.14. The zero-order valence-corrected chi connectivity index (χ0v) is 17.6. The van der Waals surface area contributed by atoms with Crippen molar-refractivity contribution < 1.29 is 18.7 Å². The number of primary amides is 1. The van der Waals surface area contributed by atoms with Crippen molar-refractivity contribution in [2.75, 3.05) is 34.4 Å². The Kier molecular flexibility index (Phi) is 7.18. The monoisotopic (exact) mass is 415 g/mol. The second kappa shape index (κ2) is 10.0. The first-order valence-electron chi connectivity index (χ1n) is 9.80. The number of aliphatic imine (C=N–C) groups is 1. The van der Waals surface area contributed by atoms with Gasteiger partial charge in [0, 0.05) is 38.8 Å². The Morgan fingerprint density at radius 3 is 2.60 bits per heavy atom. The van der Waals surface area contributed by atoms with Crippen LogP contribution in [-0.4, -0.2) is 57.2 Å². The quantitative estimate of drug-likeness (QED) is 0.440. The molecule has 3 rings (SSSR count). The highest BCUT2D eigenvalue weighted by Gasteiger charge is 2.23. The SMILES string of the molecule is CN=C(NCc1ccc(C(N)=O)o1)NC1CCN(Cc2cc(OC)cc(OC)c2)C1. The van der Waals surface area contributed by atoms with Gasteiger partial charge in [-0.15, -0.1) is 0 Å². The molecule has 1 aromatic carbocycles. The fourth-order valence-electron chi connectivity index (χ4n) is 3.47. The number of hydrogen-bond acceptors (Lipinski definition) is 6. The molecule has 4 N–H and O–H groups in total. The molecule has 1 saturated heterocycles. The number of nitrogens with zero attached hydrogens (tertiary/aromatic N) is 2. The Labute approximate surface area is 176 Å². The Morgan fingerprint density at radius 2 is 2.00 bits per heavy atom. The van der Waals surface area contributed by atoms with Gasteiger partial charge in [0.15, 0.2) is 11.7 Å². The smallest absolute Gasteiger partial charge is 0.284 e. The Morgan fingerprint density at radius 1 is 1.27 bits per heavy atom. The van der Waals surface area contributed by atoms with Crippen LogP contribution >= 0.6 is 0 Å². The van der Waals surface area contributed by atoms with E-state index in [0.29, 0.717) is 18.3 Å². The van der Waals surface area contributed by atoms with Crippen LogP contribution < -0.4 is 25.8 Å². The summed E-state index contributed by atoms with van der Waals surface area (Å²) in [6.45, 7) is 3.11. The van der Waals surface area contributed by atoms with Gasteiger partial charge in [-0.05, 0) is 36.2 Å². The van der Waals surface area contributed by atoms with Crippen LogP contribution in [0, 0.1) is 0 Å². The van der Waals surface area contributed by atoms with E-state index >= 15 is 0 Å². The number of nitrogens with two attached hydrogens (primary N) is 1. The number of amides is 1. The minimum absolute atomic E-state index is 0.148. The van der Waals surface area contributed by atoms with Crippen molar-refractivity contribution in [3.63, 3.8) is 0 Å². The maximum absolute atomic E-state index is 11.1. The summed E-state index contributed by atoms with van der Waals surface area (Å²) in [6.07, 6.45) is 1.01. The van der Waals surface area contributed by atoms with Crippen molar-refractivity contribution in [3.8, 4) is 11.5 Å². The lowest BCUT2D eigenvalue weighted by molar-refractivity contribution is 0.0972. The molecule has 9 nitrogen and oxygen atoms in total. The molecule has 1 fully saturated rings. The molecule has 30 heavy (non-hydrogen) atoms. The largest absolute Gasteiger partial charge is 0.497 e. The summed E-state index contributed by atoms with van der Waals surface area (Å²) in [7, 11) is 5.04. The maximum Gasteiger partial charge on any atom is 0.284 e. The predicted octanol–water partition coefficient (Wildman–Crippen LogP) is 1.34. The molecule has 162 valence electrons. The minimum atomic E-state index is -0.580. The first kappa shape index (κ1) is 21.5. The first-order chi connectivity index (χ1) is 14.5. The molecular formula is C21H29N5O4. The highest BCUT2D eigenvalue weighted by atomic mass is 16.5. The van der Waals surface area contributed by atoms with E-state index in [-0.39, 0.29) is 11.8 Å². The normalized spacial score (nSPS) is 17.0. The molecular weight excluding hydrogens is 386 g/mol. The van der Waals surface area contributed by atoms with Gasteiger partial charge in [-0.3, -0.25) is 14.7 Å². The zero-order valence-electron chi connectivity index (χ0n) is 17.6. The Hall–Kier alpha value is -3.20. The molecule has 1 aromatic heterocycles. The lowest BCUT2D eigenvalue weighted by atomic mass is 10.2. The van der Waals surface area contributed by atoms with Crippen LogP contribution in [0.1, 0.15) is 28.3 Å². The van der Waals surface area contributed by atoms with E-state index in [0.717, 1.165) is 43.1 Å². The van der Waals surface area contributed by atoms with Crippen LogP contribution in [0.4, 0.5) is 0 Å². The van der Waals surface area contributed by atoms with Gasteiger partial charge >= 0.3 is 0 Å². The topological polar surface area (TPSA) is 114 Å². The van der Waals surface area contributed by atoms with Crippen molar-refractivity contribution in [2.24, 2.45) is 10.7 Å². The van der Waals surface area contributed by atoms with Gasteiger partial charge in [0.25, 0.3) is 5.91 Å². The van der Waals surface area contributed by atoms with E-state index in [4.69, 9.17) is 19.6 Å². The lowest BCUT2D eigenvalue weighted by Gasteiger charge is -2.19. The standard InChI is InChI=1S/C21H29N5O4/c1-23-21(24-11-16-4-5-19(30-16)20(22)27)25-15-6-7-26(13-15)12-14-8-17(28-2)10-18(9-14)29-3/h4-5,8-10,15H,6-7,11-13H2,1-3H3,(H2,22,27)(H2,23,24,25). The van der Waals surface area contributed by atoms with Crippen LogP contribution in [0.25, 0.3) is 0 Å². The third-order valence-corrected chi connectivity index (χ3v) is 4.99. The number of hydrogen-bond donors (Lipinski definition) is 3. The maximum atomic E-state index is 11.1. The molecule has 0 bridgehead atoms. The molecule has 2 aromatic rings. The van der Waals surface area contributed by atoms with Crippen LogP contribution in [0.3, 0.4) is 0 Å². The highest BCUT2D eigenvalue weighted by Crippen LogP contribution is 2.24. The van der Waals surface area contributed by atoms with E-state index in [1.54, 1.807) is 33.4 Å². The molecule has 9 heteroatoms. The lowest BCUT2D eigenvalue weighted by Crippen LogP contribution is -2.44. The average Bonchev–Trinajstić information content (AvgIpc) is 3.40. The van der Waals surface area contributed by atoms with Gasteiger partial charge in [0.05, 0.1) is 20.8 Å². The van der Waals surface area contributed by atoms with E-state index in [9.17, 15) is 4.79 Å². The molecule has 0 aliphatic carbocycles. The highest BCUT2D eigenvalue weighted by molar-refractivity contribution is 5.89. The van der Waals surface area contributed by atoms with Crippen molar-refractivity contribution >= 4 is 11.9 Å². The van der Waals surface area contributed by atoms with Crippen molar-refractivity contribution in [3.05, 3.63) is 47.4 Å². The fraction of sp³-hybridized carbons (Fsp3) is 0.429. The van der Waals surface area contributed by atoms with Gasteiger partial charge in [0.1, 0.15) is 17.3 Å². The summed E-state index contributed by atoms with van der Waals surface area (Å²) >= 11 is 0. The van der Waals surface area contributed by atoms with Crippen molar-refractivity contribution in [1.82, 2.24) is 15.5 Å². The van der Waals surface area contributed by atoms with Crippen LogP contribution in [-0.2, 0) is 13.1 Å². The van der Waals surface area contributed by atoms with E-state index < -0.39 is 5.91 Å². The number of likely N-dealkylation sites (tertiary alicyclic amines) is 1. The average molecular weight is 415 g/mol. The van der Waals surface area contributed by atoms with Gasteiger partial charge in [0.2, 0.25) is 0 Å². The van der Waals surface area contributed by atoms with E-state index in [1.165, 1.54) is 0 Å². The summed E-state index contributed by atoms with van der Waals surface area (Å²) in [4.78, 5) is 17.8. The third kappa shape index (κ3) is 5.66. The number of benzene rings is 1. The summed E-state index contributed by atoms with van der Waals surface area (Å²) in [6, 6.07) is 9.51. The van der Waals surface area contributed by atoms with Gasteiger partial charge in [-0.25, -0.2) is 0 Å². The molecule has 1 amide bonds. The van der Waals surface area contributed by atoms with Crippen molar-refractivity contribution in [1.29, 1.82) is 0 Å². The molecule has 2 heterocycles. The number of carbonyl (C=O) groups is 1.